The standard InChI is InChI=1S/C21H24FNO2/c1-3-12-23-13-11-21(25-18-9-7-17(22)8-10-18)20(15-23)16-5-4-6-19(14-16)24-2/h3-10,14,20-21H,1,11-13,15H2,2H3/t20-,21+/m1/s1. The molecule has 3 rings (SSSR count). The first kappa shape index (κ1) is 17.5. The van der Waals surface area contributed by atoms with E-state index in [-0.39, 0.29) is 17.8 Å². The summed E-state index contributed by atoms with van der Waals surface area (Å²) in [4.78, 5) is 2.38. The number of hydrogen-bond acceptors (Lipinski definition) is 3. The Kier molecular flexibility index (Phi) is 5.71. The minimum absolute atomic E-state index is 0.0404. The molecule has 2 atom stereocenters. The summed E-state index contributed by atoms with van der Waals surface area (Å²) in [6.07, 6.45) is 2.88. The predicted octanol–water partition coefficient (Wildman–Crippen LogP) is 4.26. The van der Waals surface area contributed by atoms with E-state index in [9.17, 15) is 4.39 Å². The van der Waals surface area contributed by atoms with Crippen LogP contribution in [0.25, 0.3) is 0 Å². The molecule has 132 valence electrons. The summed E-state index contributed by atoms with van der Waals surface area (Å²) in [7, 11) is 1.68. The lowest BCUT2D eigenvalue weighted by molar-refractivity contribution is 0.0833. The molecule has 1 fully saturated rings. The highest BCUT2D eigenvalue weighted by atomic mass is 19.1. The van der Waals surface area contributed by atoms with Gasteiger partial charge in [-0.1, -0.05) is 18.2 Å². The van der Waals surface area contributed by atoms with E-state index < -0.39 is 0 Å². The number of rotatable bonds is 6. The van der Waals surface area contributed by atoms with Crippen LogP contribution in [0.2, 0.25) is 0 Å². The van der Waals surface area contributed by atoms with Gasteiger partial charge in [-0.25, -0.2) is 4.39 Å². The molecule has 3 nitrogen and oxygen atoms in total. The Hall–Kier alpha value is -2.33. The van der Waals surface area contributed by atoms with Crippen molar-refractivity contribution in [3.05, 3.63) is 72.6 Å². The van der Waals surface area contributed by atoms with Crippen molar-refractivity contribution in [1.29, 1.82) is 0 Å². The van der Waals surface area contributed by atoms with E-state index in [1.807, 2.05) is 18.2 Å². The number of nitrogens with zero attached hydrogens (tertiary/aromatic N) is 1. The quantitative estimate of drug-likeness (QED) is 0.733. The van der Waals surface area contributed by atoms with Gasteiger partial charge in [-0.05, 0) is 48.4 Å². The Labute approximate surface area is 148 Å². The molecule has 1 aliphatic heterocycles. The molecular weight excluding hydrogens is 317 g/mol. The van der Waals surface area contributed by atoms with Crippen LogP contribution < -0.4 is 9.47 Å². The molecule has 0 radical (unpaired) electrons. The lowest BCUT2D eigenvalue weighted by Crippen LogP contribution is -2.44. The third-order valence-corrected chi connectivity index (χ3v) is 4.64. The first-order valence-electron chi connectivity index (χ1n) is 8.59. The second kappa shape index (κ2) is 8.17. The van der Waals surface area contributed by atoms with Crippen molar-refractivity contribution >= 4 is 0 Å². The summed E-state index contributed by atoms with van der Waals surface area (Å²) in [5, 5.41) is 0. The van der Waals surface area contributed by atoms with Gasteiger partial charge in [0.2, 0.25) is 0 Å². The first-order valence-corrected chi connectivity index (χ1v) is 8.59. The molecule has 1 aliphatic rings. The SMILES string of the molecule is C=CCN1CC[C@H](Oc2ccc(F)cc2)[C@@H](c2cccc(OC)c2)C1. The lowest BCUT2D eigenvalue weighted by Gasteiger charge is -2.38. The molecule has 0 bridgehead atoms. The van der Waals surface area contributed by atoms with Crippen LogP contribution in [-0.4, -0.2) is 37.7 Å². The molecular formula is C21H24FNO2. The minimum atomic E-state index is -0.252. The van der Waals surface area contributed by atoms with Gasteiger partial charge in [-0.2, -0.15) is 0 Å². The van der Waals surface area contributed by atoms with Gasteiger partial charge in [-0.15, -0.1) is 6.58 Å². The summed E-state index contributed by atoms with van der Waals surface area (Å²) < 4.78 is 24.7. The van der Waals surface area contributed by atoms with Crippen molar-refractivity contribution in [3.8, 4) is 11.5 Å². The lowest BCUT2D eigenvalue weighted by atomic mass is 9.87. The van der Waals surface area contributed by atoms with Crippen molar-refractivity contribution < 1.29 is 13.9 Å². The summed E-state index contributed by atoms with van der Waals surface area (Å²) in [5.74, 6) is 1.52. The zero-order chi connectivity index (χ0) is 17.6. The molecule has 4 heteroatoms. The van der Waals surface area contributed by atoms with E-state index in [2.05, 4.69) is 23.6 Å². The van der Waals surface area contributed by atoms with E-state index in [1.165, 1.54) is 17.7 Å². The maximum absolute atomic E-state index is 13.1. The zero-order valence-electron chi connectivity index (χ0n) is 14.5. The van der Waals surface area contributed by atoms with Crippen LogP contribution in [0.15, 0.2) is 61.2 Å². The monoisotopic (exact) mass is 341 g/mol. The van der Waals surface area contributed by atoms with Crippen molar-refractivity contribution in [3.63, 3.8) is 0 Å². The highest BCUT2D eigenvalue weighted by molar-refractivity contribution is 5.33. The number of likely N-dealkylation sites (tertiary alicyclic amines) is 1. The average Bonchev–Trinajstić information content (AvgIpc) is 2.65. The molecule has 0 aromatic heterocycles. The van der Waals surface area contributed by atoms with Gasteiger partial charge in [0.1, 0.15) is 23.4 Å². The van der Waals surface area contributed by atoms with Crippen LogP contribution >= 0.6 is 0 Å². The average molecular weight is 341 g/mol. The Bertz CT molecular complexity index is 701. The number of hydrogen-bond donors (Lipinski definition) is 0. The van der Waals surface area contributed by atoms with E-state index >= 15 is 0 Å². The summed E-state index contributed by atoms with van der Waals surface area (Å²) >= 11 is 0. The fourth-order valence-corrected chi connectivity index (χ4v) is 3.37. The van der Waals surface area contributed by atoms with Crippen LogP contribution in [0, 0.1) is 5.82 Å². The van der Waals surface area contributed by atoms with E-state index in [0.29, 0.717) is 5.75 Å². The van der Waals surface area contributed by atoms with Crippen molar-refractivity contribution in [2.45, 2.75) is 18.4 Å². The normalized spacial score (nSPS) is 20.9. The number of ether oxygens (including phenoxy) is 2. The Morgan fingerprint density at radius 2 is 2.00 bits per heavy atom. The third-order valence-electron chi connectivity index (χ3n) is 4.64. The van der Waals surface area contributed by atoms with Gasteiger partial charge in [0.05, 0.1) is 7.11 Å². The summed E-state index contributed by atoms with van der Waals surface area (Å²) in [6.45, 7) is 6.56. The van der Waals surface area contributed by atoms with Gasteiger partial charge in [0.25, 0.3) is 0 Å². The predicted molar refractivity (Wildman–Crippen MR) is 97.8 cm³/mol. The van der Waals surface area contributed by atoms with Crippen molar-refractivity contribution in [2.75, 3.05) is 26.7 Å². The highest BCUT2D eigenvalue weighted by Gasteiger charge is 2.32. The molecule has 1 saturated heterocycles. The van der Waals surface area contributed by atoms with Gasteiger partial charge in [0.15, 0.2) is 0 Å². The second-order valence-electron chi connectivity index (χ2n) is 6.33. The molecule has 2 aromatic carbocycles. The molecule has 0 amide bonds. The van der Waals surface area contributed by atoms with Crippen molar-refractivity contribution in [2.24, 2.45) is 0 Å². The zero-order valence-corrected chi connectivity index (χ0v) is 14.5. The number of benzene rings is 2. The van der Waals surface area contributed by atoms with Crippen LogP contribution in [0.3, 0.4) is 0 Å². The maximum atomic E-state index is 13.1. The fraction of sp³-hybridized carbons (Fsp3) is 0.333. The first-order chi connectivity index (χ1) is 12.2. The molecule has 2 aromatic rings. The summed E-state index contributed by atoms with van der Waals surface area (Å²) in [6, 6.07) is 14.4. The number of methoxy groups -OCH3 is 1. The second-order valence-corrected chi connectivity index (χ2v) is 6.33. The Morgan fingerprint density at radius 1 is 1.20 bits per heavy atom. The van der Waals surface area contributed by atoms with Crippen LogP contribution in [0.4, 0.5) is 4.39 Å². The van der Waals surface area contributed by atoms with Gasteiger partial charge < -0.3 is 9.47 Å². The molecule has 0 N–H and O–H groups in total. The smallest absolute Gasteiger partial charge is 0.123 e. The Morgan fingerprint density at radius 3 is 2.72 bits per heavy atom. The molecule has 0 saturated carbocycles. The molecule has 0 aliphatic carbocycles. The van der Waals surface area contributed by atoms with Gasteiger partial charge in [0, 0.05) is 25.6 Å². The van der Waals surface area contributed by atoms with E-state index in [4.69, 9.17) is 9.47 Å². The Balaban J connectivity index is 1.83. The highest BCUT2D eigenvalue weighted by Crippen LogP contribution is 2.32. The minimum Gasteiger partial charge on any atom is -0.497 e. The van der Waals surface area contributed by atoms with E-state index in [1.54, 1.807) is 19.2 Å². The van der Waals surface area contributed by atoms with Crippen LogP contribution in [0.5, 0.6) is 11.5 Å². The fourth-order valence-electron chi connectivity index (χ4n) is 3.37. The maximum Gasteiger partial charge on any atom is 0.123 e. The molecule has 25 heavy (non-hydrogen) atoms. The van der Waals surface area contributed by atoms with Gasteiger partial charge in [-0.3, -0.25) is 4.90 Å². The van der Waals surface area contributed by atoms with Crippen LogP contribution in [0.1, 0.15) is 17.9 Å². The topological polar surface area (TPSA) is 21.7 Å². The van der Waals surface area contributed by atoms with Gasteiger partial charge >= 0.3 is 0 Å². The summed E-state index contributed by atoms with van der Waals surface area (Å²) in [5.41, 5.74) is 1.19. The molecule has 0 unspecified atom stereocenters. The molecule has 1 heterocycles. The molecule has 0 spiro atoms. The number of piperidine rings is 1. The van der Waals surface area contributed by atoms with Crippen LogP contribution in [-0.2, 0) is 0 Å². The van der Waals surface area contributed by atoms with E-state index in [0.717, 1.165) is 31.8 Å². The largest absolute Gasteiger partial charge is 0.497 e. The van der Waals surface area contributed by atoms with Crippen molar-refractivity contribution in [1.82, 2.24) is 4.90 Å². The third kappa shape index (κ3) is 4.40. The number of halogens is 1.